The number of rotatable bonds is 3. The molecule has 0 aliphatic heterocycles. The van der Waals surface area contributed by atoms with Gasteiger partial charge in [0.1, 0.15) is 0 Å². The third-order valence-electron chi connectivity index (χ3n) is 0.886. The van der Waals surface area contributed by atoms with Gasteiger partial charge in [-0.25, -0.2) is 0 Å². The Kier molecular flexibility index (Phi) is 4.97. The molecule has 0 saturated heterocycles. The lowest BCUT2D eigenvalue weighted by atomic mass is 10.3. The Morgan fingerprint density at radius 1 is 1.56 bits per heavy atom. The fourth-order valence-corrected chi connectivity index (χ4v) is 0.532. The largest absolute Gasteiger partial charge is 0.479 e. The molecule has 0 saturated carbocycles. The predicted molar refractivity (Wildman–Crippen MR) is 35.8 cm³/mol. The topological polar surface area (TPSA) is 41.8 Å². The van der Waals surface area contributed by atoms with Crippen molar-refractivity contribution in [1.82, 2.24) is 0 Å². The maximum Gasteiger partial charge on any atom is 0.225 e. The lowest BCUT2D eigenvalue weighted by molar-refractivity contribution is 0.257. The van der Waals surface area contributed by atoms with Crippen molar-refractivity contribution in [2.24, 2.45) is 5.16 Å². The van der Waals surface area contributed by atoms with E-state index in [0.717, 1.165) is 6.42 Å². The monoisotopic (exact) mass is 131 g/mol. The second-order valence-corrected chi connectivity index (χ2v) is 1.68. The fourth-order valence-electron chi connectivity index (χ4n) is 0.532. The first-order valence-corrected chi connectivity index (χ1v) is 3.18. The highest BCUT2D eigenvalue weighted by molar-refractivity contribution is 5.75. The molecule has 9 heavy (non-hydrogen) atoms. The minimum absolute atomic E-state index is 0.431. The molecule has 0 spiro atoms. The summed E-state index contributed by atoms with van der Waals surface area (Å²) in [6.07, 6.45) is 1.66. The molecule has 0 aromatic heterocycles. The lowest BCUT2D eigenvalue weighted by Gasteiger charge is -2.01. The van der Waals surface area contributed by atoms with E-state index in [-0.39, 0.29) is 0 Å². The standard InChI is InChI=1S/C6H13NO2/c1-3-5-6(7-8)9-4-2/h8H,3-5H2,1-2H3. The summed E-state index contributed by atoms with van der Waals surface area (Å²) in [5, 5.41) is 11.2. The van der Waals surface area contributed by atoms with Crippen molar-refractivity contribution < 1.29 is 9.94 Å². The van der Waals surface area contributed by atoms with E-state index in [9.17, 15) is 0 Å². The third kappa shape index (κ3) is 3.82. The maximum absolute atomic E-state index is 8.25. The van der Waals surface area contributed by atoms with E-state index >= 15 is 0 Å². The number of oxime groups is 1. The van der Waals surface area contributed by atoms with E-state index in [1.807, 2.05) is 13.8 Å². The number of hydrogen-bond donors (Lipinski definition) is 1. The second-order valence-electron chi connectivity index (χ2n) is 1.68. The van der Waals surface area contributed by atoms with Gasteiger partial charge in [-0.2, -0.15) is 0 Å². The molecule has 0 unspecified atom stereocenters. The zero-order valence-corrected chi connectivity index (χ0v) is 5.92. The van der Waals surface area contributed by atoms with Crippen LogP contribution in [-0.2, 0) is 4.74 Å². The predicted octanol–water partition coefficient (Wildman–Crippen LogP) is 1.61. The molecule has 0 amide bonds. The van der Waals surface area contributed by atoms with Crippen molar-refractivity contribution in [3.63, 3.8) is 0 Å². The minimum Gasteiger partial charge on any atom is -0.479 e. The van der Waals surface area contributed by atoms with Gasteiger partial charge in [0, 0.05) is 6.42 Å². The highest BCUT2D eigenvalue weighted by atomic mass is 16.5. The van der Waals surface area contributed by atoms with Crippen LogP contribution in [0.5, 0.6) is 0 Å². The van der Waals surface area contributed by atoms with Crippen LogP contribution in [0.15, 0.2) is 5.16 Å². The summed E-state index contributed by atoms with van der Waals surface area (Å²) in [5.74, 6) is 0.431. The molecule has 0 aromatic rings. The second kappa shape index (κ2) is 5.41. The van der Waals surface area contributed by atoms with Crippen molar-refractivity contribution in [3.05, 3.63) is 0 Å². The Bertz CT molecular complexity index is 83.1. The number of hydrogen-bond acceptors (Lipinski definition) is 3. The molecule has 1 N–H and O–H groups in total. The Morgan fingerprint density at radius 2 is 2.22 bits per heavy atom. The molecular formula is C6H13NO2. The molecule has 54 valence electrons. The van der Waals surface area contributed by atoms with Crippen LogP contribution in [0.2, 0.25) is 0 Å². The van der Waals surface area contributed by atoms with Crippen molar-refractivity contribution in [2.75, 3.05) is 6.61 Å². The quantitative estimate of drug-likeness (QED) is 0.273. The van der Waals surface area contributed by atoms with Crippen LogP contribution in [0.3, 0.4) is 0 Å². The van der Waals surface area contributed by atoms with E-state index in [2.05, 4.69) is 5.16 Å². The van der Waals surface area contributed by atoms with Gasteiger partial charge < -0.3 is 9.94 Å². The van der Waals surface area contributed by atoms with Crippen LogP contribution in [0, 0.1) is 0 Å². The molecule has 3 heteroatoms. The SMILES string of the molecule is CCCC(=NO)OCC. The van der Waals surface area contributed by atoms with E-state index in [0.29, 0.717) is 18.9 Å². The summed E-state index contributed by atoms with van der Waals surface area (Å²) in [5.41, 5.74) is 0. The summed E-state index contributed by atoms with van der Waals surface area (Å²) in [6.45, 7) is 4.43. The Morgan fingerprint density at radius 3 is 2.56 bits per heavy atom. The highest BCUT2D eigenvalue weighted by Gasteiger charge is 1.95. The van der Waals surface area contributed by atoms with Gasteiger partial charge in [0.05, 0.1) is 6.61 Å². The first-order valence-electron chi connectivity index (χ1n) is 3.18. The maximum atomic E-state index is 8.25. The van der Waals surface area contributed by atoms with Crippen LogP contribution in [0.4, 0.5) is 0 Å². The molecule has 0 heterocycles. The smallest absolute Gasteiger partial charge is 0.225 e. The average molecular weight is 131 g/mol. The first kappa shape index (κ1) is 8.27. The highest BCUT2D eigenvalue weighted by Crippen LogP contribution is 1.92. The van der Waals surface area contributed by atoms with Gasteiger partial charge in [-0.15, -0.1) is 0 Å². The van der Waals surface area contributed by atoms with Crippen LogP contribution < -0.4 is 0 Å². The van der Waals surface area contributed by atoms with E-state index < -0.39 is 0 Å². The molecule has 0 radical (unpaired) electrons. The van der Waals surface area contributed by atoms with Crippen molar-refractivity contribution in [2.45, 2.75) is 26.7 Å². The van der Waals surface area contributed by atoms with Crippen molar-refractivity contribution >= 4 is 5.90 Å². The van der Waals surface area contributed by atoms with Gasteiger partial charge in [0.15, 0.2) is 0 Å². The van der Waals surface area contributed by atoms with Gasteiger partial charge in [0.25, 0.3) is 0 Å². The normalized spacial score (nSPS) is 11.6. The molecule has 0 aliphatic rings. The van der Waals surface area contributed by atoms with Gasteiger partial charge in [-0.3, -0.25) is 0 Å². The van der Waals surface area contributed by atoms with E-state index in [1.54, 1.807) is 0 Å². The average Bonchev–Trinajstić information content (AvgIpc) is 1.88. The molecular weight excluding hydrogens is 118 g/mol. The Hall–Kier alpha value is -0.730. The zero-order valence-electron chi connectivity index (χ0n) is 5.92. The molecule has 0 fully saturated rings. The van der Waals surface area contributed by atoms with Gasteiger partial charge in [-0.05, 0) is 13.3 Å². The van der Waals surface area contributed by atoms with Gasteiger partial charge in [0.2, 0.25) is 5.90 Å². The van der Waals surface area contributed by atoms with Gasteiger partial charge >= 0.3 is 0 Å². The Balaban J connectivity index is 3.43. The lowest BCUT2D eigenvalue weighted by Crippen LogP contribution is -2.03. The molecule has 3 nitrogen and oxygen atoms in total. The van der Waals surface area contributed by atoms with Gasteiger partial charge in [-0.1, -0.05) is 12.1 Å². The fraction of sp³-hybridized carbons (Fsp3) is 0.833. The summed E-state index contributed by atoms with van der Waals surface area (Å²) in [6, 6.07) is 0. The molecule has 0 aliphatic carbocycles. The van der Waals surface area contributed by atoms with Crippen LogP contribution in [0.1, 0.15) is 26.7 Å². The van der Waals surface area contributed by atoms with E-state index in [1.165, 1.54) is 0 Å². The van der Waals surface area contributed by atoms with Crippen LogP contribution in [-0.4, -0.2) is 17.7 Å². The summed E-state index contributed by atoms with van der Waals surface area (Å²) >= 11 is 0. The minimum atomic E-state index is 0.431. The molecule has 0 rings (SSSR count). The van der Waals surface area contributed by atoms with Crippen molar-refractivity contribution in [1.29, 1.82) is 0 Å². The van der Waals surface area contributed by atoms with Crippen LogP contribution >= 0.6 is 0 Å². The summed E-state index contributed by atoms with van der Waals surface area (Å²) in [4.78, 5) is 0. The van der Waals surface area contributed by atoms with Crippen LogP contribution in [0.25, 0.3) is 0 Å². The Labute approximate surface area is 55.3 Å². The first-order chi connectivity index (χ1) is 4.35. The zero-order chi connectivity index (χ0) is 7.11. The molecule has 0 atom stereocenters. The summed E-state index contributed by atoms with van der Waals surface area (Å²) in [7, 11) is 0. The third-order valence-corrected chi connectivity index (χ3v) is 0.886. The van der Waals surface area contributed by atoms with E-state index in [4.69, 9.17) is 9.94 Å². The molecule has 0 aromatic carbocycles. The number of nitrogens with zero attached hydrogens (tertiary/aromatic N) is 1. The summed E-state index contributed by atoms with van der Waals surface area (Å²) < 4.78 is 4.93. The number of ether oxygens (including phenoxy) is 1. The molecule has 0 bridgehead atoms. The van der Waals surface area contributed by atoms with Crippen molar-refractivity contribution in [3.8, 4) is 0 Å².